The van der Waals surface area contributed by atoms with Gasteiger partial charge in [-0.3, -0.25) is 4.79 Å². The van der Waals surface area contributed by atoms with E-state index in [-0.39, 0.29) is 6.42 Å². The van der Waals surface area contributed by atoms with Crippen LogP contribution in [0.4, 0.5) is 0 Å². The number of aromatic nitrogens is 1. The molecule has 25 heavy (non-hydrogen) atoms. The lowest BCUT2D eigenvalue weighted by Crippen LogP contribution is -2.04. The van der Waals surface area contributed by atoms with E-state index in [0.29, 0.717) is 21.7 Å². The molecule has 5 nitrogen and oxygen atoms in total. The van der Waals surface area contributed by atoms with Crippen LogP contribution in [0.3, 0.4) is 0 Å². The van der Waals surface area contributed by atoms with Crippen molar-refractivity contribution in [3.63, 3.8) is 0 Å². The Morgan fingerprint density at radius 2 is 1.88 bits per heavy atom. The highest BCUT2D eigenvalue weighted by molar-refractivity contribution is 7.19. The van der Waals surface area contributed by atoms with Crippen molar-refractivity contribution in [2.75, 3.05) is 7.11 Å². The van der Waals surface area contributed by atoms with Gasteiger partial charge in [0.25, 0.3) is 0 Å². The highest BCUT2D eigenvalue weighted by Crippen LogP contribution is 2.30. The van der Waals surface area contributed by atoms with E-state index in [1.54, 1.807) is 30.3 Å². The van der Waals surface area contributed by atoms with E-state index in [9.17, 15) is 14.7 Å². The number of para-hydroxylation sites is 1. The lowest BCUT2D eigenvalue weighted by atomic mass is 10.0. The summed E-state index contributed by atoms with van der Waals surface area (Å²) in [5.41, 5.74) is 2.35. The average Bonchev–Trinajstić information content (AvgIpc) is 3.04. The summed E-state index contributed by atoms with van der Waals surface area (Å²) >= 11 is 1.43. The highest BCUT2D eigenvalue weighted by Gasteiger charge is 2.15. The summed E-state index contributed by atoms with van der Waals surface area (Å²) < 4.78 is 5.78. The first-order chi connectivity index (χ1) is 12.1. The molecule has 0 radical (unpaired) electrons. The second kappa shape index (κ2) is 7.27. The summed E-state index contributed by atoms with van der Waals surface area (Å²) in [6.45, 7) is 0. The molecule has 1 N–H and O–H groups in total. The minimum absolute atomic E-state index is 0.185. The van der Waals surface area contributed by atoms with Crippen LogP contribution < -0.4 is 0 Å². The van der Waals surface area contributed by atoms with Crippen LogP contribution in [0.25, 0.3) is 21.9 Å². The normalized spacial score (nSPS) is 11.5. The summed E-state index contributed by atoms with van der Waals surface area (Å²) in [5, 5.41) is 9.90. The van der Waals surface area contributed by atoms with E-state index in [0.717, 1.165) is 10.2 Å². The van der Waals surface area contributed by atoms with Crippen molar-refractivity contribution in [3.8, 4) is 0 Å². The Bertz CT molecular complexity index is 941. The molecule has 0 spiro atoms. The number of carboxylic acids is 1. The van der Waals surface area contributed by atoms with Gasteiger partial charge in [0.15, 0.2) is 0 Å². The van der Waals surface area contributed by atoms with Gasteiger partial charge in [-0.25, -0.2) is 9.78 Å². The van der Waals surface area contributed by atoms with E-state index < -0.39 is 11.9 Å². The summed E-state index contributed by atoms with van der Waals surface area (Å²) in [7, 11) is 1.31. The van der Waals surface area contributed by atoms with Gasteiger partial charge in [-0.1, -0.05) is 30.3 Å². The summed E-state index contributed by atoms with van der Waals surface area (Å²) in [4.78, 5) is 27.8. The Balaban J connectivity index is 2.11. The predicted octanol–water partition coefficient (Wildman–Crippen LogP) is 4.10. The number of hydrogen-bond acceptors (Lipinski definition) is 5. The lowest BCUT2D eigenvalue weighted by Gasteiger charge is -2.06. The molecular weight excluding hydrogens is 338 g/mol. The van der Waals surface area contributed by atoms with Crippen molar-refractivity contribution in [1.82, 2.24) is 4.98 Å². The number of carboxylic acid groups (broad SMARTS) is 1. The molecule has 0 unspecified atom stereocenters. The number of benzene rings is 2. The van der Waals surface area contributed by atoms with Crippen LogP contribution in [-0.2, 0) is 9.53 Å². The fourth-order valence-electron chi connectivity index (χ4n) is 2.47. The standard InChI is InChI=1S/C19H15NO4S/c1-24-19(23)14-7-3-2-6-12(14)10-13(11-17(21)22)18-20-15-8-4-5-9-16(15)25-18/h2-10H,11H2,1H3,(H,21,22)/b13-10-. The van der Waals surface area contributed by atoms with Gasteiger partial charge in [-0.05, 0) is 35.4 Å². The lowest BCUT2D eigenvalue weighted by molar-refractivity contribution is -0.135. The molecule has 0 aliphatic carbocycles. The molecule has 126 valence electrons. The van der Waals surface area contributed by atoms with Crippen molar-refractivity contribution in [2.45, 2.75) is 6.42 Å². The maximum absolute atomic E-state index is 11.9. The number of carbonyl (C=O) groups excluding carboxylic acids is 1. The second-order valence-electron chi connectivity index (χ2n) is 5.31. The molecule has 0 aliphatic rings. The maximum Gasteiger partial charge on any atom is 0.338 e. The number of esters is 1. The summed E-state index contributed by atoms with van der Waals surface area (Å²) in [6, 6.07) is 14.5. The van der Waals surface area contributed by atoms with Gasteiger partial charge in [-0.15, -0.1) is 11.3 Å². The smallest absolute Gasteiger partial charge is 0.338 e. The third-order valence-corrected chi connectivity index (χ3v) is 4.72. The fraction of sp³-hybridized carbons (Fsp3) is 0.105. The minimum Gasteiger partial charge on any atom is -0.481 e. The molecule has 3 rings (SSSR count). The largest absolute Gasteiger partial charge is 0.481 e. The number of thiazole rings is 1. The number of ether oxygens (including phenoxy) is 1. The van der Waals surface area contributed by atoms with E-state index in [4.69, 9.17) is 4.74 Å². The number of methoxy groups -OCH3 is 1. The Kier molecular flexibility index (Phi) is 4.90. The Morgan fingerprint density at radius 1 is 1.16 bits per heavy atom. The van der Waals surface area contributed by atoms with Gasteiger partial charge >= 0.3 is 11.9 Å². The van der Waals surface area contributed by atoms with E-state index in [1.807, 2.05) is 24.3 Å². The minimum atomic E-state index is -0.957. The van der Waals surface area contributed by atoms with Crippen molar-refractivity contribution >= 4 is 45.1 Å². The van der Waals surface area contributed by atoms with Gasteiger partial charge in [0.2, 0.25) is 0 Å². The van der Waals surface area contributed by atoms with Crippen LogP contribution in [0.15, 0.2) is 48.5 Å². The second-order valence-corrected chi connectivity index (χ2v) is 6.34. The molecule has 2 aromatic carbocycles. The number of aliphatic carboxylic acids is 1. The van der Waals surface area contributed by atoms with E-state index in [1.165, 1.54) is 18.4 Å². The van der Waals surface area contributed by atoms with E-state index in [2.05, 4.69) is 4.98 Å². The first-order valence-electron chi connectivity index (χ1n) is 7.54. The van der Waals surface area contributed by atoms with E-state index >= 15 is 0 Å². The zero-order chi connectivity index (χ0) is 17.8. The van der Waals surface area contributed by atoms with Crippen LogP contribution in [0.2, 0.25) is 0 Å². The zero-order valence-electron chi connectivity index (χ0n) is 13.4. The number of hydrogen-bond donors (Lipinski definition) is 1. The SMILES string of the molecule is COC(=O)c1ccccc1/C=C(/CC(=O)O)c1nc2ccccc2s1. The molecule has 0 amide bonds. The zero-order valence-corrected chi connectivity index (χ0v) is 14.2. The molecule has 1 heterocycles. The molecule has 1 aromatic heterocycles. The fourth-order valence-corrected chi connectivity index (χ4v) is 3.45. The molecular formula is C19H15NO4S. The third kappa shape index (κ3) is 3.75. The van der Waals surface area contributed by atoms with Crippen LogP contribution in [0, 0.1) is 0 Å². The summed E-state index contributed by atoms with van der Waals surface area (Å²) in [5.74, 6) is -1.42. The topological polar surface area (TPSA) is 76.5 Å². The van der Waals surface area contributed by atoms with Crippen LogP contribution >= 0.6 is 11.3 Å². The van der Waals surface area contributed by atoms with Gasteiger partial charge in [0, 0.05) is 0 Å². The predicted molar refractivity (Wildman–Crippen MR) is 97.5 cm³/mol. The van der Waals surface area contributed by atoms with Gasteiger partial charge in [0.1, 0.15) is 5.01 Å². The average molecular weight is 353 g/mol. The molecule has 0 aliphatic heterocycles. The molecule has 3 aromatic rings. The van der Waals surface area contributed by atoms with Gasteiger partial charge in [0.05, 0.1) is 29.3 Å². The monoisotopic (exact) mass is 353 g/mol. The van der Waals surface area contributed by atoms with Crippen LogP contribution in [-0.4, -0.2) is 29.1 Å². The number of carbonyl (C=O) groups is 2. The maximum atomic E-state index is 11.9. The molecule has 0 atom stereocenters. The van der Waals surface area contributed by atoms with Crippen LogP contribution in [0.5, 0.6) is 0 Å². The Morgan fingerprint density at radius 3 is 2.60 bits per heavy atom. The Hall–Kier alpha value is -2.99. The van der Waals surface area contributed by atoms with Crippen molar-refractivity contribution in [3.05, 3.63) is 64.7 Å². The highest BCUT2D eigenvalue weighted by atomic mass is 32.1. The van der Waals surface area contributed by atoms with Crippen molar-refractivity contribution in [1.29, 1.82) is 0 Å². The van der Waals surface area contributed by atoms with Gasteiger partial charge < -0.3 is 9.84 Å². The first-order valence-corrected chi connectivity index (χ1v) is 8.36. The number of nitrogens with zero attached hydrogens (tertiary/aromatic N) is 1. The molecule has 0 saturated heterocycles. The third-order valence-electron chi connectivity index (χ3n) is 3.61. The van der Waals surface area contributed by atoms with Crippen molar-refractivity contribution in [2.24, 2.45) is 0 Å². The molecule has 0 fully saturated rings. The van der Waals surface area contributed by atoms with Crippen molar-refractivity contribution < 1.29 is 19.4 Å². The molecule has 0 saturated carbocycles. The molecule has 6 heteroatoms. The number of fused-ring (bicyclic) bond motifs is 1. The molecule has 0 bridgehead atoms. The number of rotatable bonds is 5. The van der Waals surface area contributed by atoms with Crippen LogP contribution in [0.1, 0.15) is 27.3 Å². The van der Waals surface area contributed by atoms with Gasteiger partial charge in [-0.2, -0.15) is 0 Å². The first kappa shape index (κ1) is 16.9. The quantitative estimate of drug-likeness (QED) is 0.699. The summed E-state index contributed by atoms with van der Waals surface area (Å²) in [6.07, 6.45) is 1.51. The Labute approximate surface area is 148 Å².